The molecular weight excluding hydrogens is 431 g/mol. The molecule has 3 rings (SSSR count). The number of hydrogen-bond donors (Lipinski definition) is 3. The minimum absolute atomic E-state index is 0.0598. The van der Waals surface area contributed by atoms with E-state index in [9.17, 15) is 26.4 Å². The summed E-state index contributed by atoms with van der Waals surface area (Å²) in [7, 11) is -2.75. The third kappa shape index (κ3) is 5.12. The molecule has 0 saturated carbocycles. The zero-order valence-corrected chi connectivity index (χ0v) is 16.0. The molecule has 0 atom stereocenters. The first-order chi connectivity index (χ1) is 13.9. The maximum atomic E-state index is 12.4. The van der Waals surface area contributed by atoms with Crippen LogP contribution in [0.15, 0.2) is 40.2 Å². The topological polar surface area (TPSA) is 158 Å². The van der Waals surface area contributed by atoms with Gasteiger partial charge in [-0.1, -0.05) is 0 Å². The third-order valence-corrected chi connectivity index (χ3v) is 4.37. The minimum Gasteiger partial charge on any atom is -0.444 e. The fraction of sp³-hybridized carbons (Fsp3) is 0.200. The summed E-state index contributed by atoms with van der Waals surface area (Å²) in [4.78, 5) is 20.1. The number of amides is 1. The molecule has 3 aromatic rings. The number of primary sulfonamides is 1. The molecule has 0 aliphatic heterocycles. The summed E-state index contributed by atoms with van der Waals surface area (Å²) in [6.45, 7) is -1.28. The average molecular weight is 445 g/mol. The number of anilines is 2. The van der Waals surface area contributed by atoms with Gasteiger partial charge in [-0.25, -0.2) is 23.5 Å². The highest BCUT2D eigenvalue weighted by atomic mass is 32.2. The van der Waals surface area contributed by atoms with Crippen molar-refractivity contribution in [2.75, 3.05) is 17.2 Å². The van der Waals surface area contributed by atoms with Crippen molar-refractivity contribution in [1.29, 1.82) is 0 Å². The lowest BCUT2D eigenvalue weighted by Crippen LogP contribution is -2.21. The van der Waals surface area contributed by atoms with E-state index in [1.807, 2.05) is 0 Å². The van der Waals surface area contributed by atoms with Gasteiger partial charge in [0.15, 0.2) is 5.69 Å². The number of aromatic nitrogens is 4. The molecule has 15 heteroatoms. The standard InChI is InChI=1S/C15H14F3N7O4S/c1-25-5-9(14(24-25)30(19,27)28)22-12(26)10-6-29-13(23-10)8-2-3-20-11(4-8)21-7-15(16,17)18/h2-6H,7H2,1H3,(H,20,21)(H,22,26)(H2,19,27,28). The Kier molecular flexibility index (Phi) is 5.49. The molecule has 11 nitrogen and oxygen atoms in total. The van der Waals surface area contributed by atoms with E-state index < -0.39 is 33.7 Å². The van der Waals surface area contributed by atoms with Gasteiger partial charge in [-0.15, -0.1) is 0 Å². The smallest absolute Gasteiger partial charge is 0.405 e. The van der Waals surface area contributed by atoms with E-state index in [1.165, 1.54) is 31.6 Å². The van der Waals surface area contributed by atoms with Gasteiger partial charge in [0.05, 0.1) is 0 Å². The molecule has 4 N–H and O–H groups in total. The Morgan fingerprint density at radius 3 is 2.77 bits per heavy atom. The number of aryl methyl sites for hydroxylation is 1. The predicted octanol–water partition coefficient (Wildman–Crippen LogP) is 1.34. The lowest BCUT2D eigenvalue weighted by Gasteiger charge is -2.08. The summed E-state index contributed by atoms with van der Waals surface area (Å²) in [6, 6.07) is 2.69. The SMILES string of the molecule is Cn1cc(NC(=O)c2coc(-c3ccnc(NCC(F)(F)F)c3)n2)c(S(N)(=O)=O)n1. The number of alkyl halides is 3. The van der Waals surface area contributed by atoms with E-state index in [0.29, 0.717) is 0 Å². The molecule has 0 spiro atoms. The van der Waals surface area contributed by atoms with Crippen LogP contribution in [0.5, 0.6) is 0 Å². The van der Waals surface area contributed by atoms with Crippen LogP contribution in [0, 0.1) is 0 Å². The van der Waals surface area contributed by atoms with Gasteiger partial charge in [0, 0.05) is 25.0 Å². The molecule has 0 bridgehead atoms. The Bertz CT molecular complexity index is 1190. The highest BCUT2D eigenvalue weighted by molar-refractivity contribution is 7.89. The number of carbonyl (C=O) groups excluding carboxylic acids is 1. The summed E-state index contributed by atoms with van der Waals surface area (Å²) in [5, 5.41) is 12.6. The second kappa shape index (κ2) is 7.75. The van der Waals surface area contributed by atoms with Gasteiger partial charge in [-0.05, 0) is 12.1 Å². The number of carbonyl (C=O) groups is 1. The summed E-state index contributed by atoms with van der Waals surface area (Å²) >= 11 is 0. The van der Waals surface area contributed by atoms with Gasteiger partial charge < -0.3 is 15.1 Å². The van der Waals surface area contributed by atoms with Crippen molar-refractivity contribution in [3.05, 3.63) is 36.5 Å². The van der Waals surface area contributed by atoms with Crippen molar-refractivity contribution in [2.45, 2.75) is 11.2 Å². The normalized spacial score (nSPS) is 12.0. The quantitative estimate of drug-likeness (QED) is 0.513. The zero-order valence-electron chi connectivity index (χ0n) is 15.1. The van der Waals surface area contributed by atoms with Crippen LogP contribution in [0.3, 0.4) is 0 Å². The van der Waals surface area contributed by atoms with E-state index in [-0.39, 0.29) is 28.7 Å². The largest absolute Gasteiger partial charge is 0.444 e. The van der Waals surface area contributed by atoms with Gasteiger partial charge in [-0.3, -0.25) is 9.48 Å². The van der Waals surface area contributed by atoms with Crippen LogP contribution in [0.25, 0.3) is 11.5 Å². The Morgan fingerprint density at radius 1 is 1.37 bits per heavy atom. The molecular formula is C15H14F3N7O4S. The summed E-state index contributed by atoms with van der Waals surface area (Å²) in [5.41, 5.74) is -0.103. The molecule has 1 amide bonds. The second-order valence-electron chi connectivity index (χ2n) is 5.96. The second-order valence-corrected chi connectivity index (χ2v) is 7.43. The lowest BCUT2D eigenvalue weighted by molar-refractivity contribution is -0.115. The van der Waals surface area contributed by atoms with E-state index in [1.54, 1.807) is 0 Å². The van der Waals surface area contributed by atoms with Crippen molar-refractivity contribution >= 4 is 27.4 Å². The van der Waals surface area contributed by atoms with E-state index >= 15 is 0 Å². The fourth-order valence-corrected chi connectivity index (χ4v) is 2.96. The summed E-state index contributed by atoms with van der Waals surface area (Å²) in [5.74, 6) is -0.940. The molecule has 0 unspecified atom stereocenters. The van der Waals surface area contributed by atoms with Crippen molar-refractivity contribution in [3.8, 4) is 11.5 Å². The number of nitrogens with two attached hydrogens (primary N) is 1. The Labute approximate surface area is 167 Å². The highest BCUT2D eigenvalue weighted by Gasteiger charge is 2.27. The van der Waals surface area contributed by atoms with Gasteiger partial charge in [0.25, 0.3) is 15.9 Å². The number of sulfonamides is 1. The molecule has 3 heterocycles. The lowest BCUT2D eigenvalue weighted by atomic mass is 10.2. The van der Waals surface area contributed by atoms with Crippen LogP contribution < -0.4 is 15.8 Å². The molecule has 0 fully saturated rings. The van der Waals surface area contributed by atoms with Crippen molar-refractivity contribution in [1.82, 2.24) is 19.7 Å². The molecule has 0 aliphatic rings. The zero-order chi connectivity index (χ0) is 22.1. The maximum absolute atomic E-state index is 12.4. The summed E-state index contributed by atoms with van der Waals surface area (Å²) in [6.07, 6.45) is -0.943. The van der Waals surface area contributed by atoms with Crippen molar-refractivity contribution in [3.63, 3.8) is 0 Å². The Hall–Kier alpha value is -3.46. The van der Waals surface area contributed by atoms with Crippen LogP contribution in [-0.4, -0.2) is 46.8 Å². The summed E-state index contributed by atoms with van der Waals surface area (Å²) < 4.78 is 66.4. The van der Waals surface area contributed by atoms with Gasteiger partial charge in [-0.2, -0.15) is 18.3 Å². The van der Waals surface area contributed by atoms with Crippen LogP contribution in [0.2, 0.25) is 0 Å². The number of hydrogen-bond acceptors (Lipinski definition) is 8. The molecule has 0 radical (unpaired) electrons. The maximum Gasteiger partial charge on any atom is 0.405 e. The number of oxazole rings is 1. The molecule has 160 valence electrons. The first kappa shape index (κ1) is 21.3. The molecule has 0 aromatic carbocycles. The van der Waals surface area contributed by atoms with Crippen LogP contribution in [-0.2, 0) is 17.1 Å². The number of nitrogens with one attached hydrogen (secondary N) is 2. The third-order valence-electron chi connectivity index (χ3n) is 3.53. The van der Waals surface area contributed by atoms with Crippen LogP contribution >= 0.6 is 0 Å². The monoisotopic (exact) mass is 445 g/mol. The number of rotatable bonds is 6. The van der Waals surface area contributed by atoms with Gasteiger partial charge in [0.2, 0.25) is 10.9 Å². The number of halogens is 3. The Balaban J connectivity index is 1.78. The first-order valence-corrected chi connectivity index (χ1v) is 9.57. The Morgan fingerprint density at radius 2 is 2.10 bits per heavy atom. The van der Waals surface area contributed by atoms with Crippen LogP contribution in [0.1, 0.15) is 10.5 Å². The first-order valence-electron chi connectivity index (χ1n) is 8.03. The number of pyridine rings is 1. The van der Waals surface area contributed by atoms with Crippen molar-refractivity contribution in [2.24, 2.45) is 12.2 Å². The van der Waals surface area contributed by atoms with Gasteiger partial charge in [0.1, 0.15) is 24.3 Å². The van der Waals surface area contributed by atoms with Gasteiger partial charge >= 0.3 is 6.18 Å². The molecule has 3 aromatic heterocycles. The minimum atomic E-state index is -4.42. The number of nitrogens with zero attached hydrogens (tertiary/aromatic N) is 4. The van der Waals surface area contributed by atoms with Crippen molar-refractivity contribution < 1.29 is 30.8 Å². The molecule has 0 aliphatic carbocycles. The predicted molar refractivity (Wildman–Crippen MR) is 96.8 cm³/mol. The highest BCUT2D eigenvalue weighted by Crippen LogP contribution is 2.23. The average Bonchev–Trinajstić information content (AvgIpc) is 3.26. The van der Waals surface area contributed by atoms with E-state index in [0.717, 1.165) is 10.9 Å². The van der Waals surface area contributed by atoms with E-state index in [2.05, 4.69) is 25.7 Å². The molecule has 0 saturated heterocycles. The molecule has 30 heavy (non-hydrogen) atoms. The van der Waals surface area contributed by atoms with Crippen LogP contribution in [0.4, 0.5) is 24.7 Å². The van der Waals surface area contributed by atoms with E-state index in [4.69, 9.17) is 9.56 Å². The fourth-order valence-electron chi connectivity index (χ4n) is 2.31.